The van der Waals surface area contributed by atoms with Gasteiger partial charge in [0.25, 0.3) is 0 Å². The van der Waals surface area contributed by atoms with Gasteiger partial charge in [-0.1, -0.05) is 48.0 Å². The molecule has 0 aliphatic carbocycles. The molecular formula is C16H16ClFO. The molecule has 1 nitrogen and oxygen atoms in total. The van der Waals surface area contributed by atoms with Crippen LogP contribution in [0.4, 0.5) is 4.39 Å². The number of aliphatic hydroxyl groups excluding tert-OH is 1. The van der Waals surface area contributed by atoms with E-state index >= 15 is 0 Å². The van der Waals surface area contributed by atoms with Crippen LogP contribution in [-0.2, 0) is 6.42 Å². The minimum Gasteiger partial charge on any atom is -0.388 e. The molecule has 2 rings (SSSR count). The molecule has 1 atom stereocenters. The Balaban J connectivity index is 1.85. The Morgan fingerprint density at radius 2 is 1.84 bits per heavy atom. The lowest BCUT2D eigenvalue weighted by atomic mass is 10.0. The van der Waals surface area contributed by atoms with Crippen molar-refractivity contribution in [2.75, 3.05) is 0 Å². The summed E-state index contributed by atoms with van der Waals surface area (Å²) in [5.41, 5.74) is 1.83. The van der Waals surface area contributed by atoms with Crippen molar-refractivity contribution in [3.63, 3.8) is 0 Å². The summed E-state index contributed by atoms with van der Waals surface area (Å²) in [4.78, 5) is 0. The summed E-state index contributed by atoms with van der Waals surface area (Å²) < 4.78 is 13.2. The molecule has 0 bridgehead atoms. The predicted molar refractivity (Wildman–Crippen MR) is 75.7 cm³/mol. The van der Waals surface area contributed by atoms with E-state index in [-0.39, 0.29) is 10.8 Å². The van der Waals surface area contributed by atoms with Crippen molar-refractivity contribution >= 4 is 11.6 Å². The lowest BCUT2D eigenvalue weighted by Gasteiger charge is -2.10. The van der Waals surface area contributed by atoms with Crippen molar-refractivity contribution < 1.29 is 9.50 Å². The zero-order valence-electron chi connectivity index (χ0n) is 10.5. The Bertz CT molecular complexity index is 528. The van der Waals surface area contributed by atoms with Gasteiger partial charge >= 0.3 is 0 Å². The molecule has 2 aromatic rings. The van der Waals surface area contributed by atoms with Gasteiger partial charge in [-0.05, 0) is 42.5 Å². The lowest BCUT2D eigenvalue weighted by Crippen LogP contribution is -1.98. The van der Waals surface area contributed by atoms with Crippen LogP contribution in [0.2, 0.25) is 5.02 Å². The van der Waals surface area contributed by atoms with E-state index in [0.717, 1.165) is 24.0 Å². The first-order chi connectivity index (χ1) is 9.16. The van der Waals surface area contributed by atoms with E-state index in [9.17, 15) is 9.50 Å². The van der Waals surface area contributed by atoms with Gasteiger partial charge in [-0.15, -0.1) is 0 Å². The van der Waals surface area contributed by atoms with Gasteiger partial charge in [-0.2, -0.15) is 0 Å². The maximum Gasteiger partial charge on any atom is 0.142 e. The smallest absolute Gasteiger partial charge is 0.142 e. The Morgan fingerprint density at radius 3 is 2.53 bits per heavy atom. The van der Waals surface area contributed by atoms with Crippen LogP contribution in [-0.4, -0.2) is 5.11 Å². The molecule has 1 N–H and O–H groups in total. The molecule has 0 aliphatic rings. The summed E-state index contributed by atoms with van der Waals surface area (Å²) in [5.74, 6) is -0.386. The molecular weight excluding hydrogens is 263 g/mol. The highest BCUT2D eigenvalue weighted by Crippen LogP contribution is 2.21. The normalized spacial score (nSPS) is 12.4. The molecule has 0 spiro atoms. The van der Waals surface area contributed by atoms with Crippen molar-refractivity contribution in [3.8, 4) is 0 Å². The molecule has 0 aromatic heterocycles. The van der Waals surface area contributed by atoms with E-state index in [4.69, 9.17) is 11.6 Å². The molecule has 19 heavy (non-hydrogen) atoms. The molecule has 3 heteroatoms. The monoisotopic (exact) mass is 278 g/mol. The Kier molecular flexibility index (Phi) is 4.94. The zero-order chi connectivity index (χ0) is 13.7. The van der Waals surface area contributed by atoms with Gasteiger partial charge in [0.05, 0.1) is 11.1 Å². The predicted octanol–water partition coefficient (Wildman–Crippen LogP) is 4.54. The number of hydrogen-bond acceptors (Lipinski definition) is 1. The van der Waals surface area contributed by atoms with Crippen LogP contribution in [0, 0.1) is 5.82 Å². The van der Waals surface area contributed by atoms with Crippen LogP contribution in [0.5, 0.6) is 0 Å². The van der Waals surface area contributed by atoms with Crippen LogP contribution in [0.1, 0.15) is 30.1 Å². The summed E-state index contributed by atoms with van der Waals surface area (Å²) in [7, 11) is 0. The fourth-order valence-corrected chi connectivity index (χ4v) is 2.15. The zero-order valence-corrected chi connectivity index (χ0v) is 11.3. The third-order valence-corrected chi connectivity index (χ3v) is 3.42. The largest absolute Gasteiger partial charge is 0.388 e. The van der Waals surface area contributed by atoms with Gasteiger partial charge in [0.15, 0.2) is 0 Å². The summed E-state index contributed by atoms with van der Waals surface area (Å²) in [6.07, 6.45) is 1.74. The molecule has 0 radical (unpaired) electrons. The van der Waals surface area contributed by atoms with Gasteiger partial charge in [-0.25, -0.2) is 4.39 Å². The number of benzene rings is 2. The molecule has 0 saturated carbocycles. The van der Waals surface area contributed by atoms with Gasteiger partial charge < -0.3 is 5.11 Å². The fourth-order valence-electron chi connectivity index (χ4n) is 2.04. The highest BCUT2D eigenvalue weighted by molar-refractivity contribution is 6.30. The van der Waals surface area contributed by atoms with Crippen LogP contribution >= 0.6 is 11.6 Å². The molecule has 0 heterocycles. The summed E-state index contributed by atoms with van der Waals surface area (Å²) in [5, 5.41) is 10.1. The van der Waals surface area contributed by atoms with Gasteiger partial charge in [0, 0.05) is 0 Å². The van der Waals surface area contributed by atoms with E-state index in [1.807, 2.05) is 36.4 Å². The molecule has 0 amide bonds. The Morgan fingerprint density at radius 1 is 1.11 bits per heavy atom. The highest BCUT2D eigenvalue weighted by Gasteiger charge is 2.07. The molecule has 0 fully saturated rings. The van der Waals surface area contributed by atoms with Crippen LogP contribution < -0.4 is 0 Å². The molecule has 2 aromatic carbocycles. The van der Waals surface area contributed by atoms with Crippen molar-refractivity contribution in [1.29, 1.82) is 0 Å². The number of rotatable bonds is 5. The quantitative estimate of drug-likeness (QED) is 0.851. The average molecular weight is 279 g/mol. The second kappa shape index (κ2) is 6.69. The second-order valence-electron chi connectivity index (χ2n) is 4.57. The maximum absolute atomic E-state index is 13.2. The Labute approximate surface area is 117 Å². The first kappa shape index (κ1) is 14.0. The number of aliphatic hydroxyl groups is 1. The van der Waals surface area contributed by atoms with Crippen LogP contribution in [0.15, 0.2) is 48.5 Å². The van der Waals surface area contributed by atoms with E-state index in [2.05, 4.69) is 0 Å². The van der Waals surface area contributed by atoms with Gasteiger partial charge in [0.2, 0.25) is 0 Å². The number of hydrogen-bond donors (Lipinski definition) is 1. The number of aryl methyl sites for hydroxylation is 1. The van der Waals surface area contributed by atoms with E-state index in [1.54, 1.807) is 6.07 Å². The molecule has 1 unspecified atom stereocenters. The van der Waals surface area contributed by atoms with E-state index in [0.29, 0.717) is 6.42 Å². The van der Waals surface area contributed by atoms with E-state index < -0.39 is 6.10 Å². The topological polar surface area (TPSA) is 20.2 Å². The SMILES string of the molecule is OC(CCCc1ccc(Cl)c(F)c1)c1ccccc1. The van der Waals surface area contributed by atoms with Crippen LogP contribution in [0.3, 0.4) is 0 Å². The highest BCUT2D eigenvalue weighted by atomic mass is 35.5. The Hall–Kier alpha value is -1.38. The van der Waals surface area contributed by atoms with Crippen molar-refractivity contribution in [1.82, 2.24) is 0 Å². The van der Waals surface area contributed by atoms with Crippen LogP contribution in [0.25, 0.3) is 0 Å². The first-order valence-corrected chi connectivity index (χ1v) is 6.71. The lowest BCUT2D eigenvalue weighted by molar-refractivity contribution is 0.164. The summed E-state index contributed by atoms with van der Waals surface area (Å²) >= 11 is 5.63. The molecule has 0 aliphatic heterocycles. The third kappa shape index (κ3) is 4.05. The fraction of sp³-hybridized carbons (Fsp3) is 0.250. The maximum atomic E-state index is 13.2. The minimum atomic E-state index is -0.460. The minimum absolute atomic E-state index is 0.146. The third-order valence-electron chi connectivity index (χ3n) is 3.11. The van der Waals surface area contributed by atoms with E-state index in [1.165, 1.54) is 6.07 Å². The second-order valence-corrected chi connectivity index (χ2v) is 4.97. The molecule has 0 saturated heterocycles. The van der Waals surface area contributed by atoms with Crippen molar-refractivity contribution in [3.05, 3.63) is 70.5 Å². The number of halogens is 2. The molecule has 100 valence electrons. The summed E-state index contributed by atoms with van der Waals surface area (Å²) in [6, 6.07) is 14.4. The standard InChI is InChI=1S/C16H16ClFO/c17-14-10-9-12(11-15(14)18)5-4-8-16(19)13-6-2-1-3-7-13/h1-3,6-7,9-11,16,19H,4-5,8H2. The average Bonchev–Trinajstić information content (AvgIpc) is 2.43. The van der Waals surface area contributed by atoms with Crippen molar-refractivity contribution in [2.24, 2.45) is 0 Å². The summed E-state index contributed by atoms with van der Waals surface area (Å²) in [6.45, 7) is 0. The first-order valence-electron chi connectivity index (χ1n) is 6.34. The van der Waals surface area contributed by atoms with Crippen molar-refractivity contribution in [2.45, 2.75) is 25.4 Å². The van der Waals surface area contributed by atoms with Gasteiger partial charge in [-0.3, -0.25) is 0 Å². The van der Waals surface area contributed by atoms with Gasteiger partial charge in [0.1, 0.15) is 5.82 Å².